The lowest BCUT2D eigenvalue weighted by atomic mass is 10.00. The van der Waals surface area contributed by atoms with Gasteiger partial charge in [-0.15, -0.1) is 5.10 Å². The molecule has 1 aliphatic rings. The van der Waals surface area contributed by atoms with Crippen LogP contribution in [0.2, 0.25) is 0 Å². The topological polar surface area (TPSA) is 70.9 Å². The molecule has 0 aliphatic carbocycles. The van der Waals surface area contributed by atoms with Crippen LogP contribution in [-0.4, -0.2) is 67.7 Å². The molecule has 0 spiro atoms. The molecule has 1 atom stereocenters. The molecule has 1 aliphatic heterocycles. The van der Waals surface area contributed by atoms with Gasteiger partial charge in [0.1, 0.15) is 37.7 Å². The van der Waals surface area contributed by atoms with Crippen LogP contribution < -0.4 is 19.3 Å². The monoisotopic (exact) mass is 376 g/mol. The second kappa shape index (κ2) is 7.82. The molecule has 0 bridgehead atoms. The van der Waals surface area contributed by atoms with Gasteiger partial charge in [0.2, 0.25) is 5.82 Å². The van der Waals surface area contributed by atoms with E-state index in [1.54, 1.807) is 19.1 Å². The highest BCUT2D eigenvalue weighted by Crippen LogP contribution is 2.32. The summed E-state index contributed by atoms with van der Waals surface area (Å²) in [4.78, 5) is 3.03. The van der Waals surface area contributed by atoms with Crippen molar-refractivity contribution < 1.29 is 19.3 Å². The average Bonchev–Trinajstić information content (AvgIpc) is 3.13. The van der Waals surface area contributed by atoms with Crippen LogP contribution in [0.1, 0.15) is 38.2 Å². The minimum atomic E-state index is -0.200. The highest BCUT2D eigenvalue weighted by atomic mass is 16.5. The molecule has 0 saturated carbocycles. The largest absolute Gasteiger partial charge is 0.497 e. The zero-order valence-electron chi connectivity index (χ0n) is 17.2. The highest BCUT2D eigenvalue weighted by molar-refractivity contribution is 5.43. The van der Waals surface area contributed by atoms with Gasteiger partial charge in [0, 0.05) is 6.07 Å². The molecule has 2 heterocycles. The number of quaternary nitrogens is 2. The number of tetrazole rings is 1. The Hall–Kier alpha value is -2.19. The summed E-state index contributed by atoms with van der Waals surface area (Å²) in [6.07, 6.45) is 0. The van der Waals surface area contributed by atoms with Crippen LogP contribution >= 0.6 is 0 Å². The molecule has 27 heavy (non-hydrogen) atoms. The van der Waals surface area contributed by atoms with Crippen molar-refractivity contribution in [3.05, 3.63) is 29.6 Å². The summed E-state index contributed by atoms with van der Waals surface area (Å²) in [5, 5.41) is 12.8. The van der Waals surface area contributed by atoms with Crippen molar-refractivity contribution in [3.63, 3.8) is 0 Å². The van der Waals surface area contributed by atoms with Crippen molar-refractivity contribution in [1.82, 2.24) is 20.2 Å². The van der Waals surface area contributed by atoms with Gasteiger partial charge in [-0.2, -0.15) is 0 Å². The van der Waals surface area contributed by atoms with Gasteiger partial charge in [0.25, 0.3) is 0 Å². The van der Waals surface area contributed by atoms with Gasteiger partial charge in [-0.1, -0.05) is 0 Å². The Labute approximate surface area is 161 Å². The highest BCUT2D eigenvalue weighted by Gasteiger charge is 2.38. The number of hydrogen-bond acceptors (Lipinski definition) is 5. The maximum atomic E-state index is 5.73. The van der Waals surface area contributed by atoms with Gasteiger partial charge in [0.15, 0.2) is 6.04 Å². The van der Waals surface area contributed by atoms with Gasteiger partial charge >= 0.3 is 0 Å². The number of nitrogens with one attached hydrogen (secondary N) is 2. The second-order valence-corrected chi connectivity index (χ2v) is 8.28. The molecule has 8 heteroatoms. The standard InChI is InChI=1S/C19H30N6O2/c1-19(2,3)25-18(20-21-22-25)17(24-11-9-23(4)10-12-24)15-8-7-14(26-5)13-16(15)27-6/h7-8,13,17H,9-12H2,1-6H3/p+2/t17-/m1/s1. The van der Waals surface area contributed by atoms with E-state index in [1.165, 1.54) is 4.90 Å². The van der Waals surface area contributed by atoms with E-state index in [4.69, 9.17) is 9.47 Å². The second-order valence-electron chi connectivity index (χ2n) is 8.28. The summed E-state index contributed by atoms with van der Waals surface area (Å²) >= 11 is 0. The first-order chi connectivity index (χ1) is 12.8. The van der Waals surface area contributed by atoms with Crippen LogP contribution in [0.5, 0.6) is 11.5 Å². The van der Waals surface area contributed by atoms with Crippen LogP contribution in [0, 0.1) is 0 Å². The number of likely N-dealkylation sites (N-methyl/N-ethyl adjacent to an activating group) is 1. The molecule has 0 radical (unpaired) electrons. The Bertz CT molecular complexity index is 762. The maximum absolute atomic E-state index is 5.73. The molecule has 1 saturated heterocycles. The predicted octanol–water partition coefficient (Wildman–Crippen LogP) is -1.05. The van der Waals surface area contributed by atoms with Crippen LogP contribution in [0.4, 0.5) is 0 Å². The lowest BCUT2D eigenvalue weighted by Crippen LogP contribution is -3.27. The minimum Gasteiger partial charge on any atom is -0.497 e. The van der Waals surface area contributed by atoms with Crippen molar-refractivity contribution in [2.75, 3.05) is 47.4 Å². The number of benzene rings is 1. The van der Waals surface area contributed by atoms with Crippen molar-refractivity contribution in [3.8, 4) is 11.5 Å². The normalized spacial score (nSPS) is 21.7. The summed E-state index contributed by atoms with van der Waals surface area (Å²) in [6, 6.07) is 6.01. The quantitative estimate of drug-likeness (QED) is 0.697. The third-order valence-electron chi connectivity index (χ3n) is 5.29. The summed E-state index contributed by atoms with van der Waals surface area (Å²) in [5.41, 5.74) is 0.891. The Balaban J connectivity index is 2.11. The smallest absolute Gasteiger partial charge is 0.214 e. The van der Waals surface area contributed by atoms with Crippen LogP contribution in [0.25, 0.3) is 0 Å². The number of nitrogens with zero attached hydrogens (tertiary/aromatic N) is 4. The van der Waals surface area contributed by atoms with Crippen molar-refractivity contribution in [1.29, 1.82) is 0 Å². The summed E-state index contributed by atoms with van der Waals surface area (Å²) in [5.74, 6) is 2.46. The van der Waals surface area contributed by atoms with Gasteiger partial charge < -0.3 is 19.3 Å². The Morgan fingerprint density at radius 3 is 2.37 bits per heavy atom. The number of aromatic nitrogens is 4. The minimum absolute atomic E-state index is 0.00758. The Morgan fingerprint density at radius 2 is 1.78 bits per heavy atom. The number of methoxy groups -OCH3 is 2. The first-order valence-corrected chi connectivity index (χ1v) is 9.51. The predicted molar refractivity (Wildman–Crippen MR) is 102 cm³/mol. The number of ether oxygens (including phenoxy) is 2. The number of hydrogen-bond donors (Lipinski definition) is 2. The van der Waals surface area contributed by atoms with Gasteiger partial charge in [-0.3, -0.25) is 0 Å². The van der Waals surface area contributed by atoms with E-state index in [0.29, 0.717) is 0 Å². The van der Waals surface area contributed by atoms with Crippen LogP contribution in [0.15, 0.2) is 18.2 Å². The third kappa shape index (κ3) is 4.06. The fraction of sp³-hybridized carbons (Fsp3) is 0.632. The van der Waals surface area contributed by atoms with E-state index >= 15 is 0 Å². The van der Waals surface area contributed by atoms with Gasteiger partial charge in [-0.05, 0) is 43.3 Å². The fourth-order valence-electron chi connectivity index (χ4n) is 3.74. The van der Waals surface area contributed by atoms with E-state index in [1.807, 2.05) is 16.8 Å². The van der Waals surface area contributed by atoms with E-state index < -0.39 is 0 Å². The SMILES string of the molecule is COc1ccc([C@H](c2nnnn2C(C)(C)C)[NH+]2CC[NH+](C)CC2)c(OC)c1. The van der Waals surface area contributed by atoms with E-state index in [-0.39, 0.29) is 11.6 Å². The molecule has 1 fully saturated rings. The Morgan fingerprint density at radius 1 is 1.07 bits per heavy atom. The molecule has 2 aromatic rings. The van der Waals surface area contributed by atoms with Gasteiger partial charge in [0.05, 0.1) is 32.4 Å². The van der Waals surface area contributed by atoms with E-state index in [0.717, 1.165) is 49.1 Å². The van der Waals surface area contributed by atoms with E-state index in [9.17, 15) is 0 Å². The zero-order chi connectivity index (χ0) is 19.6. The third-order valence-corrected chi connectivity index (χ3v) is 5.29. The molecular weight excluding hydrogens is 344 g/mol. The zero-order valence-corrected chi connectivity index (χ0v) is 17.2. The lowest BCUT2D eigenvalue weighted by molar-refractivity contribution is -1.02. The first-order valence-electron chi connectivity index (χ1n) is 9.51. The lowest BCUT2D eigenvalue weighted by Gasteiger charge is -2.34. The van der Waals surface area contributed by atoms with Crippen molar-refractivity contribution in [2.45, 2.75) is 32.4 Å². The van der Waals surface area contributed by atoms with Crippen LogP contribution in [0.3, 0.4) is 0 Å². The van der Waals surface area contributed by atoms with Gasteiger partial charge in [-0.25, -0.2) is 4.68 Å². The summed E-state index contributed by atoms with van der Waals surface area (Å²) in [6.45, 7) is 10.7. The molecule has 0 amide bonds. The maximum Gasteiger partial charge on any atom is 0.214 e. The van der Waals surface area contributed by atoms with Crippen LogP contribution in [-0.2, 0) is 5.54 Å². The Kier molecular flexibility index (Phi) is 5.67. The molecule has 2 N–H and O–H groups in total. The average molecular weight is 377 g/mol. The van der Waals surface area contributed by atoms with Crippen molar-refractivity contribution >= 4 is 0 Å². The molecule has 3 rings (SSSR count). The number of piperazine rings is 1. The molecular formula is C19H32N6O2+2. The van der Waals surface area contributed by atoms with E-state index in [2.05, 4.69) is 49.4 Å². The fourth-order valence-corrected chi connectivity index (χ4v) is 3.74. The molecule has 8 nitrogen and oxygen atoms in total. The van der Waals surface area contributed by atoms with Crippen molar-refractivity contribution in [2.24, 2.45) is 0 Å². The summed E-state index contributed by atoms with van der Waals surface area (Å²) in [7, 11) is 5.62. The molecule has 1 aromatic heterocycles. The summed E-state index contributed by atoms with van der Waals surface area (Å²) < 4.78 is 13.1. The molecule has 1 aromatic carbocycles. The molecule has 0 unspecified atom stereocenters. The number of rotatable bonds is 5. The first kappa shape index (κ1) is 19.6. The molecule has 148 valence electrons.